The fourth-order valence-electron chi connectivity index (χ4n) is 0.584. The maximum Gasteiger partial charge on any atom is 0.0194 e. The van der Waals surface area contributed by atoms with Gasteiger partial charge >= 0.3 is 0 Å². The molecule has 0 aliphatic heterocycles. The van der Waals surface area contributed by atoms with Crippen LogP contribution in [0.1, 0.15) is 5.69 Å². The van der Waals surface area contributed by atoms with Crippen LogP contribution >= 0.6 is 12.2 Å². The topological polar surface area (TPSA) is 15.8 Å². The lowest BCUT2D eigenvalue weighted by molar-refractivity contribution is 1.21. The van der Waals surface area contributed by atoms with Crippen molar-refractivity contribution in [3.8, 4) is 0 Å². The van der Waals surface area contributed by atoms with Gasteiger partial charge in [-0.3, -0.25) is 0 Å². The molecule has 8 heavy (non-hydrogen) atoms. The van der Waals surface area contributed by atoms with Crippen LogP contribution in [0.3, 0.4) is 0 Å². The Morgan fingerprint density at radius 3 is 3.12 bits per heavy atom. The van der Waals surface area contributed by atoms with Crippen molar-refractivity contribution in [2.45, 2.75) is 6.42 Å². The summed E-state index contributed by atoms with van der Waals surface area (Å²) in [7, 11) is 0. The van der Waals surface area contributed by atoms with E-state index < -0.39 is 0 Å². The van der Waals surface area contributed by atoms with Crippen LogP contribution in [0.5, 0.6) is 0 Å². The molecular formula is C6H7NS. The van der Waals surface area contributed by atoms with Crippen LogP contribution in [0.2, 0.25) is 0 Å². The van der Waals surface area contributed by atoms with Crippen molar-refractivity contribution in [2.75, 3.05) is 0 Å². The Labute approximate surface area is 53.7 Å². The van der Waals surface area contributed by atoms with E-state index in [-0.39, 0.29) is 0 Å². The van der Waals surface area contributed by atoms with E-state index in [0.29, 0.717) is 0 Å². The minimum Gasteiger partial charge on any atom is -0.365 e. The molecule has 1 N–H and O–H groups in total. The molecule has 0 bridgehead atoms. The lowest BCUT2D eigenvalue weighted by atomic mass is 10.3. The Kier molecular flexibility index (Phi) is 1.80. The zero-order chi connectivity index (χ0) is 5.82. The summed E-state index contributed by atoms with van der Waals surface area (Å²) in [5, 5.41) is 1.71. The quantitative estimate of drug-likeness (QED) is 0.593. The number of hydrogen-bond donors (Lipinski definition) is 1. The average Bonchev–Trinajstić information content (AvgIpc) is 2.19. The van der Waals surface area contributed by atoms with Crippen LogP contribution in [0, 0.1) is 0 Å². The molecule has 1 aromatic rings. The molecule has 1 heterocycles. The molecule has 0 fully saturated rings. The van der Waals surface area contributed by atoms with E-state index in [1.807, 2.05) is 18.3 Å². The molecule has 1 aromatic heterocycles. The largest absolute Gasteiger partial charge is 0.365 e. The molecular weight excluding hydrogens is 118 g/mol. The summed E-state index contributed by atoms with van der Waals surface area (Å²) in [6, 6.07) is 3.98. The van der Waals surface area contributed by atoms with Crippen molar-refractivity contribution < 1.29 is 0 Å². The summed E-state index contributed by atoms with van der Waals surface area (Å²) >= 11 is 4.65. The van der Waals surface area contributed by atoms with Gasteiger partial charge < -0.3 is 4.98 Å². The molecule has 0 saturated carbocycles. The van der Waals surface area contributed by atoms with Gasteiger partial charge in [-0.15, -0.1) is 0 Å². The molecule has 0 aliphatic rings. The molecule has 0 amide bonds. The van der Waals surface area contributed by atoms with Gasteiger partial charge in [-0.05, 0) is 17.5 Å². The second kappa shape index (κ2) is 2.62. The second-order valence-corrected chi connectivity index (χ2v) is 1.90. The number of rotatable bonds is 2. The van der Waals surface area contributed by atoms with Gasteiger partial charge in [0.15, 0.2) is 0 Å². The second-order valence-electron chi connectivity index (χ2n) is 1.57. The first kappa shape index (κ1) is 5.51. The summed E-state index contributed by atoms with van der Waals surface area (Å²) in [6.45, 7) is 0. The van der Waals surface area contributed by atoms with Crippen molar-refractivity contribution in [3.63, 3.8) is 0 Å². The zero-order valence-corrected chi connectivity index (χ0v) is 5.24. The average molecular weight is 125 g/mol. The molecule has 0 unspecified atom stereocenters. The lowest BCUT2D eigenvalue weighted by Crippen LogP contribution is -1.80. The predicted molar refractivity (Wildman–Crippen MR) is 38.2 cm³/mol. The van der Waals surface area contributed by atoms with E-state index in [1.54, 1.807) is 5.37 Å². The van der Waals surface area contributed by atoms with Crippen LogP contribution in [0.15, 0.2) is 18.3 Å². The molecule has 1 rings (SSSR count). The van der Waals surface area contributed by atoms with Crippen molar-refractivity contribution in [2.24, 2.45) is 0 Å². The van der Waals surface area contributed by atoms with E-state index in [1.165, 1.54) is 5.69 Å². The molecule has 0 atom stereocenters. The highest BCUT2D eigenvalue weighted by Crippen LogP contribution is 1.92. The molecule has 1 nitrogen and oxygen atoms in total. The highest BCUT2D eigenvalue weighted by atomic mass is 32.1. The normalized spacial score (nSPS) is 9.00. The molecule has 0 spiro atoms. The van der Waals surface area contributed by atoms with E-state index in [0.717, 1.165) is 6.42 Å². The smallest absolute Gasteiger partial charge is 0.0194 e. The van der Waals surface area contributed by atoms with Gasteiger partial charge in [-0.25, -0.2) is 0 Å². The number of aromatic nitrogens is 1. The molecule has 2 heteroatoms. The minimum atomic E-state index is 0.863. The van der Waals surface area contributed by atoms with Crippen LogP contribution in [0.4, 0.5) is 0 Å². The summed E-state index contributed by atoms with van der Waals surface area (Å²) in [5.74, 6) is 0. The first-order chi connectivity index (χ1) is 3.93. The number of H-pyrrole nitrogens is 1. The Morgan fingerprint density at radius 2 is 2.62 bits per heavy atom. The lowest BCUT2D eigenvalue weighted by Gasteiger charge is -1.82. The maximum atomic E-state index is 4.65. The van der Waals surface area contributed by atoms with Gasteiger partial charge in [-0.1, -0.05) is 12.2 Å². The standard InChI is InChI=1S/C6H7NS/c8-5-3-6-2-1-4-7-6/h1-2,4-5,7H,3H2. The van der Waals surface area contributed by atoms with Crippen molar-refractivity contribution in [1.29, 1.82) is 0 Å². The fraction of sp³-hybridized carbons (Fsp3) is 0.167. The van der Waals surface area contributed by atoms with E-state index >= 15 is 0 Å². The first-order valence-corrected chi connectivity index (χ1v) is 2.96. The number of hydrogen-bond acceptors (Lipinski definition) is 1. The SMILES string of the molecule is S=CCc1ccc[nH]1. The molecule has 0 radical (unpaired) electrons. The van der Waals surface area contributed by atoms with E-state index in [9.17, 15) is 0 Å². The molecule has 0 aliphatic carbocycles. The van der Waals surface area contributed by atoms with E-state index in [2.05, 4.69) is 17.2 Å². The Hall–Kier alpha value is -0.630. The predicted octanol–water partition coefficient (Wildman–Crippen LogP) is 1.56. The van der Waals surface area contributed by atoms with Gasteiger partial charge in [0.1, 0.15) is 0 Å². The highest BCUT2D eigenvalue weighted by Gasteiger charge is 1.84. The van der Waals surface area contributed by atoms with Crippen LogP contribution in [0.25, 0.3) is 0 Å². The number of thiocarbonyl (C=S) groups is 1. The third-order valence-corrected chi connectivity index (χ3v) is 1.13. The van der Waals surface area contributed by atoms with Crippen LogP contribution < -0.4 is 0 Å². The van der Waals surface area contributed by atoms with E-state index in [4.69, 9.17) is 0 Å². The monoisotopic (exact) mass is 125 g/mol. The summed E-state index contributed by atoms with van der Waals surface area (Å²) in [4.78, 5) is 3.04. The number of aromatic amines is 1. The van der Waals surface area contributed by atoms with Crippen LogP contribution in [-0.4, -0.2) is 10.4 Å². The van der Waals surface area contributed by atoms with Gasteiger partial charge in [0.2, 0.25) is 0 Å². The van der Waals surface area contributed by atoms with Gasteiger partial charge in [0.05, 0.1) is 0 Å². The highest BCUT2D eigenvalue weighted by molar-refractivity contribution is 7.78. The summed E-state index contributed by atoms with van der Waals surface area (Å²) in [5.41, 5.74) is 1.18. The molecule has 0 aromatic carbocycles. The minimum absolute atomic E-state index is 0.863. The Bertz CT molecular complexity index is 155. The van der Waals surface area contributed by atoms with Gasteiger partial charge in [-0.2, -0.15) is 0 Å². The van der Waals surface area contributed by atoms with Crippen LogP contribution in [-0.2, 0) is 6.42 Å². The summed E-state index contributed by atoms with van der Waals surface area (Å²) in [6.07, 6.45) is 2.76. The zero-order valence-electron chi connectivity index (χ0n) is 4.42. The van der Waals surface area contributed by atoms with Crippen molar-refractivity contribution in [1.82, 2.24) is 4.98 Å². The first-order valence-electron chi connectivity index (χ1n) is 2.49. The van der Waals surface area contributed by atoms with Crippen molar-refractivity contribution in [3.05, 3.63) is 24.0 Å². The molecule has 0 saturated heterocycles. The third kappa shape index (κ3) is 1.17. The van der Waals surface area contributed by atoms with Gasteiger partial charge in [0, 0.05) is 18.3 Å². The molecule has 42 valence electrons. The third-order valence-electron chi connectivity index (χ3n) is 0.966. The maximum absolute atomic E-state index is 4.65. The summed E-state index contributed by atoms with van der Waals surface area (Å²) < 4.78 is 0. The van der Waals surface area contributed by atoms with Crippen molar-refractivity contribution >= 4 is 17.6 Å². The van der Waals surface area contributed by atoms with Gasteiger partial charge in [0.25, 0.3) is 0 Å². The Balaban J connectivity index is 2.62. The number of nitrogens with one attached hydrogen (secondary N) is 1. The fourth-order valence-corrected chi connectivity index (χ4v) is 0.764. The Morgan fingerprint density at radius 1 is 1.75 bits per heavy atom.